The SMILES string of the molecule is CN=C(NCCCc1cn(-c2ccccc2)nc1C)NCCCn1cccn1.I. The van der Waals surface area contributed by atoms with Crippen LogP contribution in [0.2, 0.25) is 0 Å². The van der Waals surface area contributed by atoms with Gasteiger partial charge >= 0.3 is 0 Å². The molecule has 0 bridgehead atoms. The topological polar surface area (TPSA) is 72.1 Å². The summed E-state index contributed by atoms with van der Waals surface area (Å²) >= 11 is 0. The predicted octanol–water partition coefficient (Wildman–Crippen LogP) is 3.18. The molecule has 0 spiro atoms. The fourth-order valence-corrected chi connectivity index (χ4v) is 3.04. The number of rotatable bonds is 9. The minimum Gasteiger partial charge on any atom is -0.356 e. The van der Waals surface area contributed by atoms with Crippen LogP contribution in [0.15, 0.2) is 60.0 Å². The lowest BCUT2D eigenvalue weighted by atomic mass is 10.1. The molecular weight excluding hydrogens is 477 g/mol. The summed E-state index contributed by atoms with van der Waals surface area (Å²) in [7, 11) is 1.80. The van der Waals surface area contributed by atoms with Gasteiger partial charge in [-0.3, -0.25) is 9.67 Å². The monoisotopic (exact) mass is 507 g/mol. The van der Waals surface area contributed by atoms with E-state index in [1.54, 1.807) is 13.2 Å². The van der Waals surface area contributed by atoms with E-state index in [9.17, 15) is 0 Å². The van der Waals surface area contributed by atoms with E-state index in [-0.39, 0.29) is 24.0 Å². The fraction of sp³-hybridized carbons (Fsp3) is 0.381. The van der Waals surface area contributed by atoms with Gasteiger partial charge in [-0.2, -0.15) is 10.2 Å². The van der Waals surface area contributed by atoms with Gasteiger partial charge in [0.1, 0.15) is 0 Å². The zero-order valence-electron chi connectivity index (χ0n) is 17.1. The van der Waals surface area contributed by atoms with Crippen molar-refractivity contribution in [1.29, 1.82) is 0 Å². The quantitative estimate of drug-likeness (QED) is 0.202. The summed E-state index contributed by atoms with van der Waals surface area (Å²) in [5.74, 6) is 0.845. The Bertz CT molecular complexity index is 857. The van der Waals surface area contributed by atoms with Gasteiger partial charge in [0.15, 0.2) is 5.96 Å². The summed E-state index contributed by atoms with van der Waals surface area (Å²) < 4.78 is 3.90. The first-order chi connectivity index (χ1) is 13.8. The maximum absolute atomic E-state index is 4.63. The number of nitrogens with one attached hydrogen (secondary N) is 2. The number of nitrogens with zero attached hydrogens (tertiary/aromatic N) is 5. The first-order valence-electron chi connectivity index (χ1n) is 9.79. The minimum absolute atomic E-state index is 0. The van der Waals surface area contributed by atoms with E-state index < -0.39 is 0 Å². The highest BCUT2D eigenvalue weighted by Crippen LogP contribution is 2.13. The van der Waals surface area contributed by atoms with Crippen molar-refractivity contribution in [2.75, 3.05) is 20.1 Å². The normalized spacial score (nSPS) is 11.2. The molecular formula is C21H30IN7. The highest BCUT2D eigenvalue weighted by atomic mass is 127. The Kier molecular flexibility index (Phi) is 9.69. The van der Waals surface area contributed by atoms with Crippen LogP contribution in [0.4, 0.5) is 0 Å². The number of aromatic nitrogens is 4. The average molecular weight is 507 g/mol. The van der Waals surface area contributed by atoms with E-state index >= 15 is 0 Å². The smallest absolute Gasteiger partial charge is 0.190 e. The maximum Gasteiger partial charge on any atom is 0.190 e. The summed E-state index contributed by atoms with van der Waals surface area (Å²) in [6.45, 7) is 4.71. The molecule has 3 aromatic rings. The van der Waals surface area contributed by atoms with Crippen LogP contribution in [0.1, 0.15) is 24.1 Å². The van der Waals surface area contributed by atoms with Crippen LogP contribution in [-0.4, -0.2) is 45.7 Å². The number of aliphatic imine (C=N–C) groups is 1. The number of hydrogen-bond acceptors (Lipinski definition) is 3. The van der Waals surface area contributed by atoms with E-state index in [0.29, 0.717) is 0 Å². The molecule has 0 amide bonds. The van der Waals surface area contributed by atoms with Crippen LogP contribution >= 0.6 is 24.0 Å². The molecule has 3 rings (SSSR count). The van der Waals surface area contributed by atoms with Gasteiger partial charge in [-0.15, -0.1) is 24.0 Å². The number of hydrogen-bond donors (Lipinski definition) is 2. The molecule has 0 unspecified atom stereocenters. The van der Waals surface area contributed by atoms with Gasteiger partial charge in [-0.1, -0.05) is 18.2 Å². The zero-order valence-corrected chi connectivity index (χ0v) is 19.4. The number of benzene rings is 1. The molecule has 29 heavy (non-hydrogen) atoms. The van der Waals surface area contributed by atoms with Crippen LogP contribution in [0.25, 0.3) is 5.69 Å². The van der Waals surface area contributed by atoms with E-state index in [1.807, 2.05) is 39.8 Å². The third kappa shape index (κ3) is 7.19. The summed E-state index contributed by atoms with van der Waals surface area (Å²) in [6, 6.07) is 12.2. The van der Waals surface area contributed by atoms with Gasteiger partial charge in [0.2, 0.25) is 0 Å². The van der Waals surface area contributed by atoms with Crippen LogP contribution in [0.3, 0.4) is 0 Å². The van der Waals surface area contributed by atoms with Gasteiger partial charge in [0, 0.05) is 45.3 Å². The molecule has 0 aliphatic heterocycles. The molecule has 1 aromatic carbocycles. The molecule has 0 saturated heterocycles. The van der Waals surface area contributed by atoms with E-state index in [4.69, 9.17) is 0 Å². The Morgan fingerprint density at radius 1 is 1.07 bits per heavy atom. The molecule has 0 aliphatic rings. The summed E-state index contributed by atoms with van der Waals surface area (Å²) in [5, 5.41) is 15.6. The molecule has 0 atom stereocenters. The third-order valence-corrected chi connectivity index (χ3v) is 4.58. The van der Waals surface area contributed by atoms with E-state index in [1.165, 1.54) is 5.56 Å². The first-order valence-corrected chi connectivity index (χ1v) is 9.79. The predicted molar refractivity (Wildman–Crippen MR) is 128 cm³/mol. The van der Waals surface area contributed by atoms with Gasteiger partial charge in [-0.25, -0.2) is 4.68 Å². The third-order valence-electron chi connectivity index (χ3n) is 4.58. The van der Waals surface area contributed by atoms with Gasteiger partial charge in [-0.05, 0) is 49.9 Å². The number of aryl methyl sites for hydroxylation is 3. The summed E-state index contributed by atoms with van der Waals surface area (Å²) in [5.41, 5.74) is 3.47. The van der Waals surface area contributed by atoms with E-state index in [2.05, 4.69) is 51.1 Å². The molecule has 0 fully saturated rings. The van der Waals surface area contributed by atoms with Crippen LogP contribution in [-0.2, 0) is 13.0 Å². The molecule has 0 aliphatic carbocycles. The largest absolute Gasteiger partial charge is 0.356 e. The van der Waals surface area contributed by atoms with Crippen LogP contribution in [0, 0.1) is 6.92 Å². The average Bonchev–Trinajstić information content (AvgIpc) is 3.37. The number of halogens is 1. The highest BCUT2D eigenvalue weighted by molar-refractivity contribution is 14.0. The van der Waals surface area contributed by atoms with Crippen molar-refractivity contribution in [2.24, 2.45) is 4.99 Å². The Morgan fingerprint density at radius 2 is 1.83 bits per heavy atom. The lowest BCUT2D eigenvalue weighted by molar-refractivity contribution is 0.570. The second-order valence-corrected chi connectivity index (χ2v) is 6.67. The van der Waals surface area contributed by atoms with Gasteiger partial charge < -0.3 is 10.6 Å². The van der Waals surface area contributed by atoms with Gasteiger partial charge in [0.05, 0.1) is 11.4 Å². The van der Waals surface area contributed by atoms with Crippen molar-refractivity contribution in [3.63, 3.8) is 0 Å². The minimum atomic E-state index is 0. The first kappa shape index (κ1) is 22.9. The maximum atomic E-state index is 4.63. The Hall–Kier alpha value is -2.36. The molecule has 2 aromatic heterocycles. The molecule has 2 heterocycles. The van der Waals surface area contributed by atoms with Crippen molar-refractivity contribution in [1.82, 2.24) is 30.2 Å². The Morgan fingerprint density at radius 3 is 2.52 bits per heavy atom. The van der Waals surface area contributed by atoms with Crippen molar-refractivity contribution < 1.29 is 0 Å². The Labute approximate surface area is 189 Å². The second kappa shape index (κ2) is 12.3. The van der Waals surface area contributed by atoms with Crippen LogP contribution < -0.4 is 10.6 Å². The molecule has 0 radical (unpaired) electrons. The van der Waals surface area contributed by atoms with Crippen molar-refractivity contribution in [2.45, 2.75) is 32.7 Å². The lowest BCUT2D eigenvalue weighted by Crippen LogP contribution is -2.38. The molecule has 0 saturated carbocycles. The number of guanidine groups is 1. The fourth-order valence-electron chi connectivity index (χ4n) is 3.04. The molecule has 7 nitrogen and oxygen atoms in total. The van der Waals surface area contributed by atoms with Crippen LogP contribution in [0.5, 0.6) is 0 Å². The second-order valence-electron chi connectivity index (χ2n) is 6.67. The van der Waals surface area contributed by atoms with E-state index in [0.717, 1.165) is 56.2 Å². The zero-order chi connectivity index (χ0) is 19.6. The summed E-state index contributed by atoms with van der Waals surface area (Å²) in [4.78, 5) is 4.28. The molecule has 156 valence electrons. The van der Waals surface area contributed by atoms with Crippen molar-refractivity contribution in [3.05, 3.63) is 66.2 Å². The number of para-hydroxylation sites is 1. The highest BCUT2D eigenvalue weighted by Gasteiger charge is 2.06. The van der Waals surface area contributed by atoms with Crippen molar-refractivity contribution >= 4 is 29.9 Å². The lowest BCUT2D eigenvalue weighted by Gasteiger charge is -2.11. The van der Waals surface area contributed by atoms with Crippen molar-refractivity contribution in [3.8, 4) is 5.69 Å². The summed E-state index contributed by atoms with van der Waals surface area (Å²) in [6.07, 6.45) is 8.93. The Balaban J connectivity index is 0.00000300. The molecule has 8 heteroatoms. The van der Waals surface area contributed by atoms with Gasteiger partial charge in [0.25, 0.3) is 0 Å². The standard InChI is InChI=1S/C21H29N7.HI/c1-18-19(17-28(26-18)20-10-4-3-5-11-20)9-6-12-23-21(22-2)24-13-7-15-27-16-8-14-25-27;/h3-5,8,10-11,14,16-17H,6-7,9,12-13,15H2,1-2H3,(H2,22,23,24);1H. The molecule has 2 N–H and O–H groups in total.